The van der Waals surface area contributed by atoms with E-state index in [0.717, 1.165) is 19.3 Å². The molecule has 4 fully saturated rings. The van der Waals surface area contributed by atoms with Crippen molar-refractivity contribution in [3.8, 4) is 0 Å². The fourth-order valence-corrected chi connectivity index (χ4v) is 9.89. The summed E-state index contributed by atoms with van der Waals surface area (Å²) in [6.07, 6.45) is 9.99. The molecule has 0 aromatic heterocycles. The summed E-state index contributed by atoms with van der Waals surface area (Å²) >= 11 is 0. The minimum atomic E-state index is -1.06. The molecule has 4 saturated carbocycles. The van der Waals surface area contributed by atoms with Gasteiger partial charge in [0.05, 0.1) is 11.7 Å². The van der Waals surface area contributed by atoms with Crippen molar-refractivity contribution in [1.29, 1.82) is 0 Å². The highest BCUT2D eigenvalue weighted by Gasteiger charge is 2.68. The van der Waals surface area contributed by atoms with Crippen LogP contribution in [-0.4, -0.2) is 27.7 Å². The Labute approximate surface area is 202 Å². The van der Waals surface area contributed by atoms with Crippen molar-refractivity contribution in [2.45, 2.75) is 124 Å². The van der Waals surface area contributed by atoms with Crippen LogP contribution < -0.4 is 0 Å². The zero-order chi connectivity index (χ0) is 24.6. The van der Waals surface area contributed by atoms with Gasteiger partial charge in [-0.05, 0) is 112 Å². The minimum Gasteiger partial charge on any atom is -0.390 e. The summed E-state index contributed by atoms with van der Waals surface area (Å²) in [6.45, 7) is 20.1. The van der Waals surface area contributed by atoms with Crippen molar-refractivity contribution in [3.63, 3.8) is 0 Å². The molecule has 2 N–H and O–H groups in total. The Balaban J connectivity index is 1.55. The van der Waals surface area contributed by atoms with Crippen molar-refractivity contribution in [3.05, 3.63) is 12.2 Å². The summed E-state index contributed by atoms with van der Waals surface area (Å²) in [5, 5.41) is 20.5. The molecule has 0 radical (unpaired) electrons. The molecule has 4 aliphatic rings. The Morgan fingerprint density at radius 2 is 1.64 bits per heavy atom. The normalized spacial score (nSPS) is 45.7. The van der Waals surface area contributed by atoms with E-state index in [1.54, 1.807) is 13.8 Å². The molecule has 8 atom stereocenters. The molecule has 4 rings (SSSR count). The Bertz CT molecular complexity index is 806. The molecule has 188 valence electrons. The van der Waals surface area contributed by atoms with Gasteiger partial charge in [-0.15, -0.1) is 0 Å². The maximum atomic E-state index is 12.8. The second kappa shape index (κ2) is 7.92. The van der Waals surface area contributed by atoms with Crippen LogP contribution in [0, 0.1) is 45.3 Å². The molecule has 0 aromatic rings. The molecule has 0 aliphatic heterocycles. The molecule has 0 amide bonds. The average Bonchev–Trinajstić information content (AvgIpc) is 3.07. The monoisotopic (exact) mass is 458 g/mol. The molecular formula is C30H50O3. The van der Waals surface area contributed by atoms with Gasteiger partial charge in [0.1, 0.15) is 5.78 Å². The number of fused-ring (bicyclic) bond motifs is 5. The summed E-state index contributed by atoms with van der Waals surface area (Å²) in [4.78, 5) is 12.8. The second-order valence-corrected chi connectivity index (χ2v) is 14.3. The van der Waals surface area contributed by atoms with Gasteiger partial charge in [-0.25, -0.2) is 0 Å². The summed E-state index contributed by atoms with van der Waals surface area (Å²) < 4.78 is 0. The van der Waals surface area contributed by atoms with Crippen molar-refractivity contribution >= 4 is 5.78 Å². The van der Waals surface area contributed by atoms with Gasteiger partial charge < -0.3 is 10.2 Å². The predicted molar refractivity (Wildman–Crippen MR) is 135 cm³/mol. The van der Waals surface area contributed by atoms with Gasteiger partial charge in [-0.3, -0.25) is 4.79 Å². The van der Waals surface area contributed by atoms with E-state index in [-0.39, 0.29) is 10.8 Å². The fraction of sp³-hybridized carbons (Fsp3) is 0.900. The first kappa shape index (κ1) is 25.4. The van der Waals surface area contributed by atoms with Crippen LogP contribution in [0.2, 0.25) is 0 Å². The lowest BCUT2D eigenvalue weighted by molar-refractivity contribution is -0.201. The molecular weight excluding hydrogens is 408 g/mol. The second-order valence-electron chi connectivity index (χ2n) is 14.3. The van der Waals surface area contributed by atoms with Gasteiger partial charge in [0.2, 0.25) is 0 Å². The number of carbonyl (C=O) groups excluding carboxylic acids is 1. The maximum absolute atomic E-state index is 12.8. The Morgan fingerprint density at radius 3 is 2.27 bits per heavy atom. The molecule has 0 bridgehead atoms. The predicted octanol–water partition coefficient (Wildman–Crippen LogP) is 6.71. The van der Waals surface area contributed by atoms with E-state index >= 15 is 0 Å². The molecule has 0 aromatic carbocycles. The molecule has 0 spiro atoms. The van der Waals surface area contributed by atoms with Crippen LogP contribution in [-0.2, 0) is 4.79 Å². The molecule has 0 unspecified atom stereocenters. The number of ketones is 1. The molecule has 3 heteroatoms. The summed E-state index contributed by atoms with van der Waals surface area (Å²) in [7, 11) is 0. The van der Waals surface area contributed by atoms with Gasteiger partial charge in [0.25, 0.3) is 0 Å². The fourth-order valence-electron chi connectivity index (χ4n) is 9.89. The van der Waals surface area contributed by atoms with Crippen molar-refractivity contribution in [1.82, 2.24) is 0 Å². The quantitative estimate of drug-likeness (QED) is 0.450. The van der Waals surface area contributed by atoms with Crippen LogP contribution in [0.1, 0.15) is 113 Å². The first-order chi connectivity index (χ1) is 15.1. The number of aliphatic hydroxyl groups excluding tert-OH is 1. The van der Waals surface area contributed by atoms with Gasteiger partial charge in [0, 0.05) is 11.8 Å². The van der Waals surface area contributed by atoms with Crippen molar-refractivity contribution < 1.29 is 15.0 Å². The van der Waals surface area contributed by atoms with Crippen molar-refractivity contribution in [2.75, 3.05) is 0 Å². The molecule has 0 heterocycles. The minimum absolute atomic E-state index is 0.181. The molecule has 0 saturated heterocycles. The van der Waals surface area contributed by atoms with Gasteiger partial charge in [0.15, 0.2) is 0 Å². The van der Waals surface area contributed by atoms with Crippen LogP contribution in [0.4, 0.5) is 0 Å². The number of hydrogen-bond acceptors (Lipinski definition) is 3. The summed E-state index contributed by atoms with van der Waals surface area (Å²) in [5.74, 6) is 2.90. The van der Waals surface area contributed by atoms with Crippen LogP contribution in [0.15, 0.2) is 12.2 Å². The first-order valence-corrected chi connectivity index (χ1v) is 13.7. The zero-order valence-corrected chi connectivity index (χ0v) is 22.5. The van der Waals surface area contributed by atoms with E-state index in [9.17, 15) is 15.0 Å². The lowest BCUT2D eigenvalue weighted by atomic mass is 9.35. The van der Waals surface area contributed by atoms with E-state index in [1.807, 2.05) is 0 Å². The highest BCUT2D eigenvalue weighted by Crippen LogP contribution is 2.75. The molecule has 3 nitrogen and oxygen atoms in total. The summed E-state index contributed by atoms with van der Waals surface area (Å²) in [6, 6.07) is 0. The van der Waals surface area contributed by atoms with Crippen molar-refractivity contribution in [2.24, 2.45) is 45.3 Å². The maximum Gasteiger partial charge on any atom is 0.138 e. The molecule has 33 heavy (non-hydrogen) atoms. The SMILES string of the molecule is C=C(CC[C@@H](O)C(C)(C)O)[C@H]1CC[C@]2(C)[C@@H]1CC[C@@H]1[C@@]3(C)CCC(=O)C(C)(C)[C@@H]3CC[C@]12C. The highest BCUT2D eigenvalue weighted by atomic mass is 16.3. The lowest BCUT2D eigenvalue weighted by Gasteiger charge is -2.69. The third-order valence-electron chi connectivity index (χ3n) is 12.2. The number of Topliss-reactive ketones (excluding diaryl/α,β-unsaturated/α-hetero) is 1. The average molecular weight is 459 g/mol. The number of rotatable bonds is 5. The van der Waals surface area contributed by atoms with E-state index in [2.05, 4.69) is 41.2 Å². The van der Waals surface area contributed by atoms with Crippen LogP contribution in [0.3, 0.4) is 0 Å². The number of allylic oxidation sites excluding steroid dienone is 1. The van der Waals surface area contributed by atoms with E-state index in [1.165, 1.54) is 44.1 Å². The smallest absolute Gasteiger partial charge is 0.138 e. The third kappa shape index (κ3) is 3.62. The Hall–Kier alpha value is -0.670. The third-order valence-corrected chi connectivity index (χ3v) is 12.2. The highest BCUT2D eigenvalue weighted by molar-refractivity contribution is 5.85. The van der Waals surface area contributed by atoms with Gasteiger partial charge in [-0.2, -0.15) is 0 Å². The van der Waals surface area contributed by atoms with Gasteiger partial charge >= 0.3 is 0 Å². The largest absolute Gasteiger partial charge is 0.390 e. The van der Waals surface area contributed by atoms with Crippen LogP contribution in [0.25, 0.3) is 0 Å². The van der Waals surface area contributed by atoms with E-state index in [4.69, 9.17) is 0 Å². The topological polar surface area (TPSA) is 57.5 Å². The number of aliphatic hydroxyl groups is 2. The number of carbonyl (C=O) groups is 1. The summed E-state index contributed by atoms with van der Waals surface area (Å²) in [5.41, 5.74) is 0.958. The van der Waals surface area contributed by atoms with Crippen LogP contribution in [0.5, 0.6) is 0 Å². The van der Waals surface area contributed by atoms with Gasteiger partial charge in [-0.1, -0.05) is 46.8 Å². The Morgan fingerprint density at radius 1 is 1.00 bits per heavy atom. The zero-order valence-electron chi connectivity index (χ0n) is 22.5. The molecule has 4 aliphatic carbocycles. The van der Waals surface area contributed by atoms with E-state index in [0.29, 0.717) is 46.7 Å². The van der Waals surface area contributed by atoms with E-state index < -0.39 is 11.7 Å². The standard InChI is InChI=1S/C30H50O3/c1-19(9-12-25(32)27(4,5)33)20-13-17-29(7)21(20)10-11-23-28(6)16-15-24(31)26(2,3)22(28)14-18-30(23,29)8/h20-23,25,32-33H,1,9-18H2,2-8H3/t20-,21-,22+,23-,25-,28+,29-,30-/m1/s1. The lowest BCUT2D eigenvalue weighted by Crippen LogP contribution is -2.63. The Kier molecular flexibility index (Phi) is 6.10. The first-order valence-electron chi connectivity index (χ1n) is 13.7. The number of hydrogen-bond donors (Lipinski definition) is 2. The van der Waals surface area contributed by atoms with Crippen LogP contribution >= 0.6 is 0 Å².